The first-order valence-corrected chi connectivity index (χ1v) is 8.71. The van der Waals surface area contributed by atoms with Crippen LogP contribution >= 0.6 is 0 Å². The van der Waals surface area contributed by atoms with Gasteiger partial charge in [0.2, 0.25) is 0 Å². The van der Waals surface area contributed by atoms with Gasteiger partial charge in [0, 0.05) is 7.05 Å². The lowest BCUT2D eigenvalue weighted by Gasteiger charge is -2.32. The minimum Gasteiger partial charge on any atom is -0.383 e. The monoisotopic (exact) mass is 382 g/mol. The molecule has 2 atom stereocenters. The van der Waals surface area contributed by atoms with Gasteiger partial charge in [0.15, 0.2) is 5.60 Å². The highest BCUT2D eigenvalue weighted by Gasteiger charge is 2.44. The highest BCUT2D eigenvalue weighted by Crippen LogP contribution is 2.30. The van der Waals surface area contributed by atoms with Gasteiger partial charge in [-0.3, -0.25) is 10.0 Å². The van der Waals surface area contributed by atoms with Crippen LogP contribution in [0.2, 0.25) is 0 Å². The van der Waals surface area contributed by atoms with Crippen molar-refractivity contribution in [3.63, 3.8) is 0 Å². The van der Waals surface area contributed by atoms with Gasteiger partial charge in [0.1, 0.15) is 6.10 Å². The van der Waals surface area contributed by atoms with E-state index in [0.717, 1.165) is 16.7 Å². The summed E-state index contributed by atoms with van der Waals surface area (Å²) in [5.41, 5.74) is 3.06. The van der Waals surface area contributed by atoms with E-state index in [9.17, 15) is 9.90 Å². The van der Waals surface area contributed by atoms with Crippen molar-refractivity contribution in [3.05, 3.63) is 72.1 Å². The zero-order valence-electron chi connectivity index (χ0n) is 15.6. The average molecular weight is 382 g/mol. The maximum absolute atomic E-state index is 12.2. The summed E-state index contributed by atoms with van der Waals surface area (Å²) in [6, 6.07) is 17.6. The van der Waals surface area contributed by atoms with Crippen molar-refractivity contribution in [1.82, 2.24) is 20.5 Å². The molecule has 1 aromatic heterocycles. The molecule has 0 saturated heterocycles. The number of nitrogens with zero attached hydrogens (tertiary/aromatic N) is 3. The number of aromatic nitrogens is 3. The SMILES string of the molecule is Cn1nncc1[C@H](O)[C@](C)(OCc1ccc(-c2ccccc2)cc1)C(=O)NO. The van der Waals surface area contributed by atoms with Crippen molar-refractivity contribution in [2.75, 3.05) is 0 Å². The molecule has 1 amide bonds. The van der Waals surface area contributed by atoms with Gasteiger partial charge in [-0.25, -0.2) is 10.2 Å². The highest BCUT2D eigenvalue weighted by molar-refractivity contribution is 5.84. The van der Waals surface area contributed by atoms with Gasteiger partial charge in [-0.15, -0.1) is 5.10 Å². The standard InChI is InChI=1S/C20H22N4O4/c1-20(19(26)22-27,18(25)17-12-21-23-24(17)2)28-13-14-8-10-16(11-9-14)15-6-4-3-5-7-15/h3-12,18,25,27H,13H2,1-2H3,(H,22,26)/t18-,20-/m0/s1. The Morgan fingerprint density at radius 2 is 1.82 bits per heavy atom. The van der Waals surface area contributed by atoms with Crippen LogP contribution in [0.3, 0.4) is 0 Å². The number of nitrogens with one attached hydrogen (secondary N) is 1. The van der Waals surface area contributed by atoms with Crippen molar-refractivity contribution in [3.8, 4) is 11.1 Å². The molecule has 0 unspecified atom stereocenters. The number of hydrogen-bond donors (Lipinski definition) is 3. The van der Waals surface area contributed by atoms with E-state index in [1.54, 1.807) is 12.5 Å². The number of hydroxylamine groups is 1. The van der Waals surface area contributed by atoms with Gasteiger partial charge in [0.05, 0.1) is 18.5 Å². The minimum atomic E-state index is -1.75. The Bertz CT molecular complexity index is 927. The van der Waals surface area contributed by atoms with Crippen molar-refractivity contribution >= 4 is 5.91 Å². The average Bonchev–Trinajstić information content (AvgIpc) is 3.17. The van der Waals surface area contributed by atoms with E-state index in [4.69, 9.17) is 9.94 Å². The number of aryl methyl sites for hydroxylation is 1. The van der Waals surface area contributed by atoms with E-state index in [1.807, 2.05) is 54.6 Å². The van der Waals surface area contributed by atoms with Crippen LogP contribution in [0.15, 0.2) is 60.8 Å². The second-order valence-electron chi connectivity index (χ2n) is 6.58. The number of aliphatic hydroxyl groups is 1. The van der Waals surface area contributed by atoms with Crippen molar-refractivity contribution in [2.45, 2.75) is 25.2 Å². The largest absolute Gasteiger partial charge is 0.383 e. The Morgan fingerprint density at radius 1 is 1.18 bits per heavy atom. The molecule has 8 heteroatoms. The van der Waals surface area contributed by atoms with Gasteiger partial charge in [-0.1, -0.05) is 59.8 Å². The topological polar surface area (TPSA) is 110 Å². The fourth-order valence-corrected chi connectivity index (χ4v) is 2.86. The third kappa shape index (κ3) is 3.94. The van der Waals surface area contributed by atoms with Crippen molar-refractivity contribution in [1.29, 1.82) is 0 Å². The summed E-state index contributed by atoms with van der Waals surface area (Å²) in [5.74, 6) is -0.873. The summed E-state index contributed by atoms with van der Waals surface area (Å²) in [6.07, 6.45) is -0.0470. The lowest BCUT2D eigenvalue weighted by molar-refractivity contribution is -0.174. The maximum atomic E-state index is 12.2. The van der Waals surface area contributed by atoms with Crippen LogP contribution in [0.25, 0.3) is 11.1 Å². The lowest BCUT2D eigenvalue weighted by Crippen LogP contribution is -2.50. The second kappa shape index (κ2) is 8.30. The van der Waals surface area contributed by atoms with Gasteiger partial charge >= 0.3 is 0 Å². The van der Waals surface area contributed by atoms with E-state index in [2.05, 4.69) is 10.3 Å². The van der Waals surface area contributed by atoms with Crippen LogP contribution in [0, 0.1) is 0 Å². The number of amides is 1. The van der Waals surface area contributed by atoms with Crippen LogP contribution in [0.1, 0.15) is 24.3 Å². The summed E-state index contributed by atoms with van der Waals surface area (Å²) < 4.78 is 7.10. The van der Waals surface area contributed by atoms with Gasteiger partial charge in [0.25, 0.3) is 5.91 Å². The minimum absolute atomic E-state index is 0.0569. The first kappa shape index (κ1) is 19.7. The van der Waals surface area contributed by atoms with E-state index in [-0.39, 0.29) is 12.3 Å². The zero-order chi connectivity index (χ0) is 20.1. The molecule has 0 radical (unpaired) electrons. The molecule has 0 spiro atoms. The van der Waals surface area contributed by atoms with E-state index >= 15 is 0 Å². The molecule has 0 aliphatic heterocycles. The van der Waals surface area contributed by atoms with Gasteiger partial charge in [-0.05, 0) is 23.6 Å². The van der Waals surface area contributed by atoms with Crippen LogP contribution in [0.4, 0.5) is 0 Å². The first-order chi connectivity index (χ1) is 13.5. The third-order valence-electron chi connectivity index (χ3n) is 4.70. The predicted octanol–water partition coefficient (Wildman–Crippen LogP) is 2.00. The molecule has 8 nitrogen and oxygen atoms in total. The van der Waals surface area contributed by atoms with Gasteiger partial charge in [-0.2, -0.15) is 0 Å². The molecular weight excluding hydrogens is 360 g/mol. The Labute approximate surface area is 162 Å². The number of ether oxygens (including phenoxy) is 1. The fraction of sp³-hybridized carbons (Fsp3) is 0.250. The third-order valence-corrected chi connectivity index (χ3v) is 4.70. The lowest BCUT2D eigenvalue weighted by atomic mass is 9.95. The number of rotatable bonds is 7. The van der Waals surface area contributed by atoms with Crippen molar-refractivity contribution < 1.29 is 19.8 Å². The molecule has 0 aliphatic carbocycles. The number of hydrogen-bond acceptors (Lipinski definition) is 6. The molecule has 0 fully saturated rings. The molecule has 0 aliphatic rings. The van der Waals surface area contributed by atoms with Gasteiger partial charge < -0.3 is 9.84 Å². The molecule has 28 heavy (non-hydrogen) atoms. The van der Waals surface area contributed by atoms with E-state index in [1.165, 1.54) is 17.8 Å². The normalized spacial score (nSPS) is 14.3. The van der Waals surface area contributed by atoms with E-state index < -0.39 is 17.6 Å². The molecule has 3 aromatic rings. The van der Waals surface area contributed by atoms with Crippen LogP contribution in [-0.2, 0) is 23.2 Å². The Balaban J connectivity index is 1.77. The molecule has 0 bridgehead atoms. The summed E-state index contributed by atoms with van der Waals surface area (Å²) >= 11 is 0. The predicted molar refractivity (Wildman–Crippen MR) is 101 cm³/mol. The second-order valence-corrected chi connectivity index (χ2v) is 6.58. The number of carbonyl (C=O) groups excluding carboxylic acids is 1. The maximum Gasteiger partial charge on any atom is 0.278 e. The number of benzene rings is 2. The summed E-state index contributed by atoms with van der Waals surface area (Å²) in [7, 11) is 1.59. The summed E-state index contributed by atoms with van der Waals surface area (Å²) in [6.45, 7) is 1.45. The Kier molecular flexibility index (Phi) is 5.84. The molecule has 2 aromatic carbocycles. The summed E-state index contributed by atoms with van der Waals surface area (Å²) in [5, 5.41) is 27.3. The van der Waals surface area contributed by atoms with Crippen LogP contribution in [0.5, 0.6) is 0 Å². The molecule has 146 valence electrons. The molecule has 1 heterocycles. The quantitative estimate of drug-likeness (QED) is 0.426. The van der Waals surface area contributed by atoms with Crippen molar-refractivity contribution in [2.24, 2.45) is 7.05 Å². The molecule has 3 rings (SSSR count). The fourth-order valence-electron chi connectivity index (χ4n) is 2.86. The first-order valence-electron chi connectivity index (χ1n) is 8.71. The summed E-state index contributed by atoms with van der Waals surface area (Å²) in [4.78, 5) is 12.2. The Morgan fingerprint density at radius 3 is 2.39 bits per heavy atom. The molecular formula is C20H22N4O4. The highest BCUT2D eigenvalue weighted by atomic mass is 16.5. The molecule has 0 saturated carbocycles. The van der Waals surface area contributed by atoms with Crippen LogP contribution < -0.4 is 5.48 Å². The van der Waals surface area contributed by atoms with Crippen LogP contribution in [-0.4, -0.2) is 36.8 Å². The Hall–Kier alpha value is -3.07. The zero-order valence-corrected chi connectivity index (χ0v) is 15.6. The number of aliphatic hydroxyl groups excluding tert-OH is 1. The smallest absolute Gasteiger partial charge is 0.278 e. The molecule has 3 N–H and O–H groups in total. The number of carbonyl (C=O) groups is 1. The van der Waals surface area contributed by atoms with E-state index in [0.29, 0.717) is 0 Å².